The Labute approximate surface area is 142 Å². The number of nitrogens with zero attached hydrogens (tertiary/aromatic N) is 3. The molecule has 0 atom stereocenters. The SMILES string of the molecule is Cc1c(C(=O)NCc2ccccn2)sc2nc3n(c(=O)c12)CCC3. The Morgan fingerprint density at radius 2 is 2.29 bits per heavy atom. The minimum Gasteiger partial charge on any atom is -0.346 e. The smallest absolute Gasteiger partial charge is 0.262 e. The maximum absolute atomic E-state index is 12.6. The van der Waals surface area contributed by atoms with E-state index in [2.05, 4.69) is 15.3 Å². The average molecular weight is 340 g/mol. The van der Waals surface area contributed by atoms with E-state index in [-0.39, 0.29) is 11.5 Å². The number of rotatable bonds is 3. The highest BCUT2D eigenvalue weighted by Gasteiger charge is 2.23. The molecule has 1 amide bonds. The standard InChI is InChI=1S/C17H16N4O2S/c1-10-13-16(20-12-6-4-8-21(12)17(13)23)24-14(10)15(22)19-9-11-5-2-3-7-18-11/h2-3,5,7H,4,6,8-9H2,1H3,(H,19,22). The summed E-state index contributed by atoms with van der Waals surface area (Å²) >= 11 is 1.29. The number of aromatic nitrogens is 3. The number of amides is 1. The van der Waals surface area contributed by atoms with E-state index < -0.39 is 0 Å². The Morgan fingerprint density at radius 3 is 3.08 bits per heavy atom. The summed E-state index contributed by atoms with van der Waals surface area (Å²) < 4.78 is 1.73. The fraction of sp³-hybridized carbons (Fsp3) is 0.294. The molecule has 3 aromatic rings. The van der Waals surface area contributed by atoms with E-state index in [0.717, 1.165) is 24.4 Å². The second-order valence-electron chi connectivity index (χ2n) is 5.83. The molecule has 0 bridgehead atoms. The van der Waals surface area contributed by atoms with Crippen LogP contribution in [0.1, 0.15) is 33.2 Å². The summed E-state index contributed by atoms with van der Waals surface area (Å²) in [5, 5.41) is 3.44. The van der Waals surface area contributed by atoms with Crippen LogP contribution in [0.5, 0.6) is 0 Å². The lowest BCUT2D eigenvalue weighted by Gasteiger charge is -2.04. The molecule has 122 valence electrons. The molecule has 0 aliphatic carbocycles. The van der Waals surface area contributed by atoms with Gasteiger partial charge in [-0.2, -0.15) is 0 Å². The zero-order valence-corrected chi connectivity index (χ0v) is 14.0. The Balaban J connectivity index is 1.67. The van der Waals surface area contributed by atoms with E-state index in [1.807, 2.05) is 25.1 Å². The molecule has 0 saturated carbocycles. The van der Waals surface area contributed by atoms with Crippen LogP contribution in [0, 0.1) is 6.92 Å². The van der Waals surface area contributed by atoms with Crippen molar-refractivity contribution in [1.29, 1.82) is 0 Å². The zero-order valence-electron chi connectivity index (χ0n) is 13.2. The van der Waals surface area contributed by atoms with Gasteiger partial charge in [0.2, 0.25) is 0 Å². The van der Waals surface area contributed by atoms with Crippen molar-refractivity contribution >= 4 is 27.5 Å². The predicted octanol–water partition coefficient (Wildman–Crippen LogP) is 2.04. The van der Waals surface area contributed by atoms with Crippen LogP contribution in [0.25, 0.3) is 10.2 Å². The Hall–Kier alpha value is -2.54. The summed E-state index contributed by atoms with van der Waals surface area (Å²) in [7, 11) is 0. The lowest BCUT2D eigenvalue weighted by molar-refractivity contribution is 0.0954. The van der Waals surface area contributed by atoms with E-state index >= 15 is 0 Å². The number of nitrogens with one attached hydrogen (secondary N) is 1. The van der Waals surface area contributed by atoms with E-state index in [9.17, 15) is 9.59 Å². The Morgan fingerprint density at radius 1 is 1.42 bits per heavy atom. The molecule has 1 N–H and O–H groups in total. The van der Waals surface area contributed by atoms with Crippen LogP contribution in [0.3, 0.4) is 0 Å². The second-order valence-corrected chi connectivity index (χ2v) is 6.83. The molecule has 4 heterocycles. The predicted molar refractivity (Wildman–Crippen MR) is 92.3 cm³/mol. The number of thiophene rings is 1. The normalized spacial score (nSPS) is 13.2. The molecule has 24 heavy (non-hydrogen) atoms. The van der Waals surface area contributed by atoms with Gasteiger partial charge in [0.05, 0.1) is 22.5 Å². The molecule has 0 saturated heterocycles. The summed E-state index contributed by atoms with van der Waals surface area (Å²) in [5.74, 6) is 0.639. The van der Waals surface area contributed by atoms with Crippen LogP contribution >= 0.6 is 11.3 Å². The van der Waals surface area contributed by atoms with Crippen molar-refractivity contribution in [3.05, 3.63) is 56.7 Å². The van der Waals surface area contributed by atoms with Crippen molar-refractivity contribution in [3.8, 4) is 0 Å². The number of aryl methyl sites for hydroxylation is 2. The van der Waals surface area contributed by atoms with Crippen molar-refractivity contribution in [2.45, 2.75) is 32.9 Å². The van der Waals surface area contributed by atoms with Crippen LogP contribution in [-0.4, -0.2) is 20.4 Å². The van der Waals surface area contributed by atoms with Gasteiger partial charge in [-0.15, -0.1) is 11.3 Å². The molecule has 0 fully saturated rings. The number of hydrogen-bond donors (Lipinski definition) is 1. The van der Waals surface area contributed by atoms with Gasteiger partial charge in [-0.3, -0.25) is 19.1 Å². The molecule has 6 nitrogen and oxygen atoms in total. The van der Waals surface area contributed by atoms with Gasteiger partial charge in [0.25, 0.3) is 11.5 Å². The van der Waals surface area contributed by atoms with Crippen LogP contribution in [-0.2, 0) is 19.5 Å². The van der Waals surface area contributed by atoms with Gasteiger partial charge in [0.15, 0.2) is 0 Å². The summed E-state index contributed by atoms with van der Waals surface area (Å²) in [6.07, 6.45) is 3.47. The summed E-state index contributed by atoms with van der Waals surface area (Å²) in [6.45, 7) is 2.89. The van der Waals surface area contributed by atoms with Gasteiger partial charge in [-0.05, 0) is 31.0 Å². The topological polar surface area (TPSA) is 76.9 Å². The van der Waals surface area contributed by atoms with Gasteiger partial charge in [0, 0.05) is 19.2 Å². The first-order valence-electron chi connectivity index (χ1n) is 7.86. The van der Waals surface area contributed by atoms with E-state index in [1.165, 1.54) is 11.3 Å². The maximum Gasteiger partial charge on any atom is 0.262 e. The quantitative estimate of drug-likeness (QED) is 0.791. The van der Waals surface area contributed by atoms with Gasteiger partial charge in [-0.25, -0.2) is 4.98 Å². The van der Waals surface area contributed by atoms with Crippen molar-refractivity contribution in [3.63, 3.8) is 0 Å². The number of hydrogen-bond acceptors (Lipinski definition) is 5. The van der Waals surface area contributed by atoms with Crippen LogP contribution in [0.2, 0.25) is 0 Å². The van der Waals surface area contributed by atoms with Gasteiger partial charge >= 0.3 is 0 Å². The third-order valence-corrected chi connectivity index (χ3v) is 5.46. The van der Waals surface area contributed by atoms with Crippen molar-refractivity contribution < 1.29 is 4.79 Å². The highest BCUT2D eigenvalue weighted by Crippen LogP contribution is 2.28. The number of fused-ring (bicyclic) bond motifs is 2. The van der Waals surface area contributed by atoms with E-state index in [1.54, 1.807) is 10.8 Å². The third kappa shape index (κ3) is 2.41. The van der Waals surface area contributed by atoms with E-state index in [4.69, 9.17) is 0 Å². The van der Waals surface area contributed by atoms with Crippen LogP contribution in [0.15, 0.2) is 29.2 Å². The molecule has 0 unspecified atom stereocenters. The molecule has 3 aromatic heterocycles. The number of pyridine rings is 1. The van der Waals surface area contributed by atoms with Gasteiger partial charge in [-0.1, -0.05) is 6.07 Å². The molecular weight excluding hydrogens is 324 g/mol. The summed E-state index contributed by atoms with van der Waals surface area (Å²) in [6, 6.07) is 5.57. The number of carbonyl (C=O) groups is 1. The minimum absolute atomic E-state index is 0.0231. The highest BCUT2D eigenvalue weighted by molar-refractivity contribution is 7.20. The molecule has 0 radical (unpaired) electrons. The van der Waals surface area contributed by atoms with Crippen molar-refractivity contribution in [2.75, 3.05) is 0 Å². The van der Waals surface area contributed by atoms with Crippen LogP contribution in [0.4, 0.5) is 0 Å². The lowest BCUT2D eigenvalue weighted by atomic mass is 10.2. The first-order chi connectivity index (χ1) is 11.6. The fourth-order valence-corrected chi connectivity index (χ4v) is 4.15. The molecule has 4 rings (SSSR count). The third-order valence-electron chi connectivity index (χ3n) is 4.27. The first-order valence-corrected chi connectivity index (χ1v) is 8.67. The average Bonchev–Trinajstić information content (AvgIpc) is 3.19. The van der Waals surface area contributed by atoms with E-state index in [0.29, 0.717) is 33.7 Å². The molecular formula is C17H16N4O2S. The van der Waals surface area contributed by atoms with Crippen molar-refractivity contribution in [1.82, 2.24) is 19.9 Å². The fourth-order valence-electron chi connectivity index (χ4n) is 3.05. The maximum atomic E-state index is 12.6. The second kappa shape index (κ2) is 5.83. The monoisotopic (exact) mass is 340 g/mol. The van der Waals surface area contributed by atoms with Gasteiger partial charge in [0.1, 0.15) is 10.7 Å². The Kier molecular flexibility index (Phi) is 3.65. The molecule has 7 heteroatoms. The highest BCUT2D eigenvalue weighted by atomic mass is 32.1. The molecule has 0 aromatic carbocycles. The molecule has 1 aliphatic heterocycles. The largest absolute Gasteiger partial charge is 0.346 e. The van der Waals surface area contributed by atoms with Crippen LogP contribution < -0.4 is 10.9 Å². The summed E-state index contributed by atoms with van der Waals surface area (Å²) in [5.41, 5.74) is 1.49. The molecule has 0 spiro atoms. The minimum atomic E-state index is -0.189. The summed E-state index contributed by atoms with van der Waals surface area (Å²) in [4.78, 5) is 35.1. The van der Waals surface area contributed by atoms with Gasteiger partial charge < -0.3 is 5.32 Å². The zero-order chi connectivity index (χ0) is 16.7. The molecule has 1 aliphatic rings. The lowest BCUT2D eigenvalue weighted by Crippen LogP contribution is -2.23. The number of carbonyl (C=O) groups excluding carboxylic acids is 1. The first kappa shape index (κ1) is 15.0. The Bertz CT molecular complexity index is 991. The van der Waals surface area contributed by atoms with Crippen molar-refractivity contribution in [2.24, 2.45) is 0 Å².